The smallest absolute Gasteiger partial charge is 0.266 e. The van der Waals surface area contributed by atoms with E-state index in [0.717, 1.165) is 5.56 Å². The van der Waals surface area contributed by atoms with Crippen molar-refractivity contribution < 1.29 is 9.21 Å². The Bertz CT molecular complexity index is 1270. The van der Waals surface area contributed by atoms with Crippen molar-refractivity contribution in [3.63, 3.8) is 0 Å². The molecule has 0 unspecified atom stereocenters. The maximum atomic E-state index is 13.3. The molecule has 30 heavy (non-hydrogen) atoms. The number of halogens is 1. The highest BCUT2D eigenvalue weighted by Gasteiger charge is 2.15. The normalized spacial score (nSPS) is 11.0. The van der Waals surface area contributed by atoms with E-state index in [4.69, 9.17) is 16.0 Å². The van der Waals surface area contributed by atoms with E-state index in [1.165, 1.54) is 16.3 Å². The standard InChI is InChI=1S/C22H18ClN3O3S/c1-14-4-2-5-16(10-14)26-21(28)18-8-7-15(23)11-19(18)25-22(26)30-13-20(27)24-12-17-6-3-9-29-17/h2-11H,12-13H2,1H3,(H,24,27). The summed E-state index contributed by atoms with van der Waals surface area (Å²) in [5, 5.41) is 4.18. The van der Waals surface area contributed by atoms with E-state index in [1.807, 2.05) is 31.2 Å². The molecule has 152 valence electrons. The number of benzene rings is 2. The minimum atomic E-state index is -0.208. The van der Waals surface area contributed by atoms with Crippen molar-refractivity contribution in [2.45, 2.75) is 18.6 Å². The molecule has 2 aromatic carbocycles. The lowest BCUT2D eigenvalue weighted by Crippen LogP contribution is -2.26. The number of amides is 1. The van der Waals surface area contributed by atoms with Crippen LogP contribution in [0.25, 0.3) is 16.6 Å². The van der Waals surface area contributed by atoms with E-state index in [-0.39, 0.29) is 17.2 Å². The third-order valence-corrected chi connectivity index (χ3v) is 5.61. The number of thioether (sulfide) groups is 1. The lowest BCUT2D eigenvalue weighted by Gasteiger charge is -2.14. The van der Waals surface area contributed by atoms with Crippen molar-refractivity contribution in [1.82, 2.24) is 14.9 Å². The van der Waals surface area contributed by atoms with Gasteiger partial charge in [0, 0.05) is 5.02 Å². The second-order valence-electron chi connectivity index (χ2n) is 6.68. The minimum absolute atomic E-state index is 0.102. The highest BCUT2D eigenvalue weighted by atomic mass is 35.5. The molecule has 4 aromatic rings. The van der Waals surface area contributed by atoms with Crippen LogP contribution in [0.4, 0.5) is 0 Å². The van der Waals surface area contributed by atoms with E-state index in [0.29, 0.717) is 39.1 Å². The number of aryl methyl sites for hydroxylation is 1. The van der Waals surface area contributed by atoms with Gasteiger partial charge in [0.2, 0.25) is 5.91 Å². The van der Waals surface area contributed by atoms with Gasteiger partial charge in [-0.2, -0.15) is 0 Å². The third-order valence-electron chi connectivity index (χ3n) is 4.43. The van der Waals surface area contributed by atoms with Gasteiger partial charge < -0.3 is 9.73 Å². The summed E-state index contributed by atoms with van der Waals surface area (Å²) in [5.41, 5.74) is 2.00. The topological polar surface area (TPSA) is 77.1 Å². The Morgan fingerprint density at radius 1 is 1.20 bits per heavy atom. The largest absolute Gasteiger partial charge is 0.467 e. The van der Waals surface area contributed by atoms with Crippen molar-refractivity contribution in [3.05, 3.63) is 87.6 Å². The molecule has 2 heterocycles. The van der Waals surface area contributed by atoms with E-state index >= 15 is 0 Å². The Labute approximate surface area is 181 Å². The molecular weight excluding hydrogens is 422 g/mol. The van der Waals surface area contributed by atoms with Crippen LogP contribution in [-0.4, -0.2) is 21.2 Å². The first-order valence-electron chi connectivity index (χ1n) is 9.22. The van der Waals surface area contributed by atoms with Crippen LogP contribution in [0.15, 0.2) is 75.2 Å². The van der Waals surface area contributed by atoms with Crippen LogP contribution < -0.4 is 10.9 Å². The lowest BCUT2D eigenvalue weighted by atomic mass is 10.2. The first-order valence-corrected chi connectivity index (χ1v) is 10.6. The van der Waals surface area contributed by atoms with Gasteiger partial charge in [-0.15, -0.1) is 0 Å². The molecule has 0 radical (unpaired) electrons. The van der Waals surface area contributed by atoms with Gasteiger partial charge in [0.15, 0.2) is 5.16 Å². The monoisotopic (exact) mass is 439 g/mol. The summed E-state index contributed by atoms with van der Waals surface area (Å²) in [6.45, 7) is 2.26. The quantitative estimate of drug-likeness (QED) is 0.357. The number of nitrogens with one attached hydrogen (secondary N) is 1. The van der Waals surface area contributed by atoms with Gasteiger partial charge in [-0.3, -0.25) is 14.2 Å². The summed E-state index contributed by atoms with van der Waals surface area (Å²) in [4.78, 5) is 30.2. The summed E-state index contributed by atoms with van der Waals surface area (Å²) in [7, 11) is 0. The van der Waals surface area contributed by atoms with Crippen molar-refractivity contribution in [2.24, 2.45) is 0 Å². The van der Waals surface area contributed by atoms with Gasteiger partial charge in [0.1, 0.15) is 5.76 Å². The van der Waals surface area contributed by atoms with Crippen molar-refractivity contribution in [2.75, 3.05) is 5.75 Å². The molecule has 0 spiro atoms. The zero-order valence-corrected chi connectivity index (χ0v) is 17.7. The Morgan fingerprint density at radius 3 is 2.83 bits per heavy atom. The number of aromatic nitrogens is 2. The number of hydrogen-bond donors (Lipinski definition) is 1. The summed E-state index contributed by atoms with van der Waals surface area (Å²) in [6, 6.07) is 16.1. The third kappa shape index (κ3) is 4.42. The van der Waals surface area contributed by atoms with E-state index in [2.05, 4.69) is 10.3 Å². The molecule has 0 saturated heterocycles. The zero-order valence-electron chi connectivity index (χ0n) is 16.1. The molecule has 1 amide bonds. The fourth-order valence-corrected chi connectivity index (χ4v) is 4.02. The van der Waals surface area contributed by atoms with Crippen LogP contribution in [0.5, 0.6) is 0 Å². The maximum Gasteiger partial charge on any atom is 0.266 e. The molecule has 0 saturated carbocycles. The Balaban J connectivity index is 1.67. The summed E-state index contributed by atoms with van der Waals surface area (Å²) < 4.78 is 6.75. The van der Waals surface area contributed by atoms with Crippen LogP contribution in [-0.2, 0) is 11.3 Å². The second kappa shape index (κ2) is 8.77. The number of carbonyl (C=O) groups is 1. The van der Waals surface area contributed by atoms with E-state index < -0.39 is 0 Å². The van der Waals surface area contributed by atoms with Crippen molar-refractivity contribution in [3.8, 4) is 5.69 Å². The number of carbonyl (C=O) groups excluding carboxylic acids is 1. The van der Waals surface area contributed by atoms with Crippen LogP contribution in [0.3, 0.4) is 0 Å². The summed E-state index contributed by atoms with van der Waals surface area (Å²) in [5.74, 6) is 0.585. The SMILES string of the molecule is Cc1cccc(-n2c(SCC(=O)NCc3ccco3)nc3cc(Cl)ccc3c2=O)c1. The number of furan rings is 1. The second-order valence-corrected chi connectivity index (χ2v) is 8.06. The highest BCUT2D eigenvalue weighted by Crippen LogP contribution is 2.23. The average Bonchev–Trinajstić information content (AvgIpc) is 3.24. The first-order chi connectivity index (χ1) is 14.5. The molecule has 6 nitrogen and oxygen atoms in total. The van der Waals surface area contributed by atoms with Crippen molar-refractivity contribution >= 4 is 40.2 Å². The van der Waals surface area contributed by atoms with Crippen LogP contribution >= 0.6 is 23.4 Å². The predicted octanol–water partition coefficient (Wildman–Crippen LogP) is 4.35. The number of nitrogens with zero attached hydrogens (tertiary/aromatic N) is 2. The number of fused-ring (bicyclic) bond motifs is 1. The highest BCUT2D eigenvalue weighted by molar-refractivity contribution is 7.99. The summed E-state index contributed by atoms with van der Waals surface area (Å²) >= 11 is 7.28. The molecule has 4 rings (SSSR count). The molecule has 1 N–H and O–H groups in total. The molecule has 0 atom stereocenters. The van der Waals surface area contributed by atoms with E-state index in [9.17, 15) is 9.59 Å². The molecule has 0 bridgehead atoms. The minimum Gasteiger partial charge on any atom is -0.467 e. The first kappa shape index (κ1) is 20.3. The zero-order chi connectivity index (χ0) is 21.1. The molecule has 0 fully saturated rings. The van der Waals surface area contributed by atoms with Gasteiger partial charge in [0.05, 0.1) is 35.2 Å². The molecule has 0 aliphatic carbocycles. The van der Waals surface area contributed by atoms with Gasteiger partial charge in [-0.1, -0.05) is 35.5 Å². The molecule has 2 aromatic heterocycles. The van der Waals surface area contributed by atoms with Crippen molar-refractivity contribution in [1.29, 1.82) is 0 Å². The van der Waals surface area contributed by atoms with Crippen LogP contribution in [0.1, 0.15) is 11.3 Å². The van der Waals surface area contributed by atoms with Crippen LogP contribution in [0, 0.1) is 6.92 Å². The fourth-order valence-electron chi connectivity index (χ4n) is 3.01. The average molecular weight is 440 g/mol. The Morgan fingerprint density at radius 2 is 2.07 bits per heavy atom. The summed E-state index contributed by atoms with van der Waals surface area (Å²) in [6.07, 6.45) is 1.56. The van der Waals surface area contributed by atoms with Gasteiger partial charge >= 0.3 is 0 Å². The Hall–Kier alpha value is -3.03. The van der Waals surface area contributed by atoms with Gasteiger partial charge in [0.25, 0.3) is 5.56 Å². The molecule has 0 aliphatic heterocycles. The fraction of sp³-hybridized carbons (Fsp3) is 0.136. The predicted molar refractivity (Wildman–Crippen MR) is 118 cm³/mol. The van der Waals surface area contributed by atoms with Gasteiger partial charge in [-0.25, -0.2) is 4.98 Å². The van der Waals surface area contributed by atoms with Crippen LogP contribution in [0.2, 0.25) is 5.02 Å². The molecule has 8 heteroatoms. The molecule has 0 aliphatic rings. The Kier molecular flexibility index (Phi) is 5.92. The van der Waals surface area contributed by atoms with Gasteiger partial charge in [-0.05, 0) is 55.0 Å². The molecular formula is C22H18ClN3O3S. The number of rotatable bonds is 6. The number of hydrogen-bond acceptors (Lipinski definition) is 5. The lowest BCUT2D eigenvalue weighted by molar-refractivity contribution is -0.118. The maximum absolute atomic E-state index is 13.3. The van der Waals surface area contributed by atoms with E-state index in [1.54, 1.807) is 36.6 Å².